The van der Waals surface area contributed by atoms with E-state index < -0.39 is 6.43 Å². The molecule has 0 aliphatic heterocycles. The second-order valence-corrected chi connectivity index (χ2v) is 5.56. The van der Waals surface area contributed by atoms with Gasteiger partial charge in [-0.3, -0.25) is 0 Å². The summed E-state index contributed by atoms with van der Waals surface area (Å²) in [7, 11) is 0. The van der Waals surface area contributed by atoms with E-state index in [0.29, 0.717) is 11.6 Å². The Balaban J connectivity index is 2.11. The van der Waals surface area contributed by atoms with Crippen LogP contribution in [0.25, 0.3) is 10.4 Å². The van der Waals surface area contributed by atoms with Gasteiger partial charge in [0.25, 0.3) is 6.43 Å². The lowest BCUT2D eigenvalue weighted by molar-refractivity contribution is 0.145. The van der Waals surface area contributed by atoms with E-state index >= 15 is 0 Å². The Morgan fingerprint density at radius 1 is 1.26 bits per heavy atom. The molecule has 0 aliphatic carbocycles. The number of alkyl halides is 2. The van der Waals surface area contributed by atoms with E-state index in [9.17, 15) is 8.78 Å². The lowest BCUT2D eigenvalue weighted by Gasteiger charge is -2.05. The minimum Gasteiger partial charge on any atom is -0.307 e. The Morgan fingerprint density at radius 3 is 2.58 bits per heavy atom. The third kappa shape index (κ3) is 3.75. The first kappa shape index (κ1) is 14.4. The molecule has 102 valence electrons. The summed E-state index contributed by atoms with van der Waals surface area (Å²) in [5.74, 6) is 0. The van der Waals surface area contributed by atoms with Crippen molar-refractivity contribution in [3.05, 3.63) is 45.8 Å². The molecule has 0 atom stereocenters. The minimum absolute atomic E-state index is 0.272. The monoisotopic (exact) mass is 301 g/mol. The van der Waals surface area contributed by atoms with Crippen molar-refractivity contribution in [2.45, 2.75) is 19.9 Å². The number of hydrogen-bond acceptors (Lipinski definition) is 2. The zero-order valence-electron chi connectivity index (χ0n) is 10.4. The third-order valence-corrected chi connectivity index (χ3v) is 4.29. The van der Waals surface area contributed by atoms with Gasteiger partial charge in [-0.2, -0.15) is 0 Å². The first-order valence-corrected chi connectivity index (χ1v) is 7.15. The Labute approximate surface area is 120 Å². The van der Waals surface area contributed by atoms with Gasteiger partial charge in [0.15, 0.2) is 0 Å². The van der Waals surface area contributed by atoms with Crippen molar-refractivity contribution in [2.75, 3.05) is 6.54 Å². The summed E-state index contributed by atoms with van der Waals surface area (Å²) in [6.07, 6.45) is -2.31. The van der Waals surface area contributed by atoms with Gasteiger partial charge in [0.2, 0.25) is 0 Å². The van der Waals surface area contributed by atoms with Crippen molar-refractivity contribution < 1.29 is 8.78 Å². The van der Waals surface area contributed by atoms with Gasteiger partial charge in [-0.05, 0) is 41.1 Å². The number of hydrogen-bond donors (Lipinski definition) is 1. The van der Waals surface area contributed by atoms with Crippen LogP contribution in [-0.2, 0) is 6.54 Å². The van der Waals surface area contributed by atoms with Crippen LogP contribution in [0.5, 0.6) is 0 Å². The smallest absolute Gasteiger partial charge is 0.250 e. The van der Waals surface area contributed by atoms with Crippen LogP contribution in [0.4, 0.5) is 8.78 Å². The van der Waals surface area contributed by atoms with Crippen LogP contribution in [0.2, 0.25) is 5.02 Å². The lowest BCUT2D eigenvalue weighted by Crippen LogP contribution is -2.20. The van der Waals surface area contributed by atoms with Crippen LogP contribution in [0.15, 0.2) is 29.6 Å². The summed E-state index contributed by atoms with van der Waals surface area (Å²) in [4.78, 5) is 1.16. The predicted octanol–water partition coefficient (Wildman–Crippen LogP) is 4.73. The van der Waals surface area contributed by atoms with Crippen molar-refractivity contribution in [1.29, 1.82) is 0 Å². The molecule has 1 aromatic carbocycles. The molecule has 1 heterocycles. The fourth-order valence-corrected chi connectivity index (χ4v) is 3.05. The van der Waals surface area contributed by atoms with E-state index in [4.69, 9.17) is 11.6 Å². The summed E-state index contributed by atoms with van der Waals surface area (Å²) in [6, 6.07) is 7.64. The SMILES string of the molecule is Cc1c(CNCC(F)F)csc1-c1ccc(Cl)cc1. The highest BCUT2D eigenvalue weighted by Crippen LogP contribution is 2.32. The average Bonchev–Trinajstić information content (AvgIpc) is 2.72. The highest BCUT2D eigenvalue weighted by molar-refractivity contribution is 7.14. The predicted molar refractivity (Wildman–Crippen MR) is 77.2 cm³/mol. The number of halogens is 3. The molecular formula is C14H14ClF2NS. The fraction of sp³-hybridized carbons (Fsp3) is 0.286. The lowest BCUT2D eigenvalue weighted by atomic mass is 10.1. The molecule has 0 radical (unpaired) electrons. The molecule has 2 aromatic rings. The maximum Gasteiger partial charge on any atom is 0.250 e. The summed E-state index contributed by atoms with van der Waals surface area (Å²) in [5.41, 5.74) is 3.30. The van der Waals surface area contributed by atoms with Gasteiger partial charge in [0.05, 0.1) is 6.54 Å². The summed E-state index contributed by atoms with van der Waals surface area (Å²) >= 11 is 7.49. The van der Waals surface area contributed by atoms with Crippen molar-refractivity contribution in [2.24, 2.45) is 0 Å². The zero-order chi connectivity index (χ0) is 13.8. The summed E-state index contributed by atoms with van der Waals surface area (Å²) in [6.45, 7) is 2.21. The van der Waals surface area contributed by atoms with Crippen molar-refractivity contribution in [3.8, 4) is 10.4 Å². The molecule has 1 N–H and O–H groups in total. The molecule has 0 unspecified atom stereocenters. The molecule has 0 spiro atoms. The maximum absolute atomic E-state index is 12.1. The number of rotatable bonds is 5. The first-order valence-electron chi connectivity index (χ1n) is 5.89. The topological polar surface area (TPSA) is 12.0 Å². The maximum atomic E-state index is 12.1. The van der Waals surface area contributed by atoms with E-state index in [1.807, 2.05) is 36.6 Å². The van der Waals surface area contributed by atoms with Crippen LogP contribution in [-0.4, -0.2) is 13.0 Å². The first-order chi connectivity index (χ1) is 9.08. The van der Waals surface area contributed by atoms with Crippen LogP contribution < -0.4 is 5.32 Å². The van der Waals surface area contributed by atoms with Gasteiger partial charge < -0.3 is 5.32 Å². The van der Waals surface area contributed by atoms with Crippen molar-refractivity contribution >= 4 is 22.9 Å². The second-order valence-electron chi connectivity index (χ2n) is 4.24. The van der Waals surface area contributed by atoms with Gasteiger partial charge >= 0.3 is 0 Å². The van der Waals surface area contributed by atoms with E-state index in [-0.39, 0.29) is 6.54 Å². The van der Waals surface area contributed by atoms with Gasteiger partial charge in [-0.25, -0.2) is 8.78 Å². The van der Waals surface area contributed by atoms with Gasteiger partial charge in [0.1, 0.15) is 0 Å². The largest absolute Gasteiger partial charge is 0.307 e. The molecule has 0 aliphatic rings. The van der Waals surface area contributed by atoms with Gasteiger partial charge in [0, 0.05) is 16.4 Å². The Bertz CT molecular complexity index is 537. The van der Waals surface area contributed by atoms with Crippen LogP contribution in [0, 0.1) is 6.92 Å². The highest BCUT2D eigenvalue weighted by atomic mass is 35.5. The molecule has 19 heavy (non-hydrogen) atoms. The van der Waals surface area contributed by atoms with E-state index in [1.165, 1.54) is 0 Å². The Morgan fingerprint density at radius 2 is 1.95 bits per heavy atom. The molecule has 0 saturated heterocycles. The molecule has 0 bridgehead atoms. The number of benzene rings is 1. The standard InChI is InChI=1S/C14H14ClF2NS/c1-9-11(6-18-7-13(16)17)8-19-14(9)10-2-4-12(15)5-3-10/h2-5,8,13,18H,6-7H2,1H3. The summed E-state index contributed by atoms with van der Waals surface area (Å²) < 4.78 is 24.1. The van der Waals surface area contributed by atoms with E-state index in [0.717, 1.165) is 21.6 Å². The van der Waals surface area contributed by atoms with Gasteiger partial charge in [-0.1, -0.05) is 23.7 Å². The quantitative estimate of drug-likeness (QED) is 0.841. The number of nitrogens with one attached hydrogen (secondary N) is 1. The minimum atomic E-state index is -2.31. The molecule has 0 amide bonds. The van der Waals surface area contributed by atoms with E-state index in [2.05, 4.69) is 5.32 Å². The second kappa shape index (κ2) is 6.46. The fourth-order valence-electron chi connectivity index (χ4n) is 1.83. The van der Waals surface area contributed by atoms with Crippen LogP contribution >= 0.6 is 22.9 Å². The average molecular weight is 302 g/mol. The highest BCUT2D eigenvalue weighted by Gasteiger charge is 2.10. The molecule has 1 aromatic heterocycles. The molecule has 2 rings (SSSR count). The van der Waals surface area contributed by atoms with Crippen molar-refractivity contribution in [3.63, 3.8) is 0 Å². The molecule has 0 saturated carbocycles. The molecule has 1 nitrogen and oxygen atoms in total. The zero-order valence-corrected chi connectivity index (χ0v) is 12.0. The van der Waals surface area contributed by atoms with Gasteiger partial charge in [-0.15, -0.1) is 11.3 Å². The molecular weight excluding hydrogens is 288 g/mol. The molecule has 0 fully saturated rings. The molecule has 5 heteroatoms. The van der Waals surface area contributed by atoms with Crippen molar-refractivity contribution in [1.82, 2.24) is 5.32 Å². The number of thiophene rings is 1. The normalized spacial score (nSPS) is 11.2. The third-order valence-electron chi connectivity index (χ3n) is 2.86. The Kier molecular flexibility index (Phi) is 4.91. The Hall–Kier alpha value is -0.970. The van der Waals surface area contributed by atoms with Crippen LogP contribution in [0.3, 0.4) is 0 Å². The van der Waals surface area contributed by atoms with Crippen LogP contribution in [0.1, 0.15) is 11.1 Å². The summed E-state index contributed by atoms with van der Waals surface area (Å²) in [5, 5.41) is 5.47. The van der Waals surface area contributed by atoms with E-state index in [1.54, 1.807) is 11.3 Å².